The maximum absolute atomic E-state index is 13.1. The first-order valence-electron chi connectivity index (χ1n) is 8.94. The van der Waals surface area contributed by atoms with Crippen molar-refractivity contribution >= 4 is 34.2 Å². The molecule has 0 saturated carbocycles. The Labute approximate surface area is 181 Å². The number of halogens is 1. The summed E-state index contributed by atoms with van der Waals surface area (Å²) in [6, 6.07) is 26.2. The van der Waals surface area contributed by atoms with Crippen LogP contribution in [0.3, 0.4) is 0 Å². The van der Waals surface area contributed by atoms with Crippen LogP contribution in [0.15, 0.2) is 89.7 Å². The summed E-state index contributed by atoms with van der Waals surface area (Å²) < 4.78 is 1.05. The minimum atomic E-state index is -0.536. The topological polar surface area (TPSA) is 74.8 Å². The maximum atomic E-state index is 13.1. The molecule has 4 aromatic rings. The van der Waals surface area contributed by atoms with E-state index in [9.17, 15) is 9.59 Å². The number of carbonyl (C=O) groups excluding carboxylic acids is 1. The number of benzene rings is 3. The second-order valence-electron chi connectivity index (χ2n) is 6.34. The molecule has 0 aliphatic carbocycles. The van der Waals surface area contributed by atoms with Crippen LogP contribution in [0.2, 0.25) is 0 Å². The van der Waals surface area contributed by atoms with Gasteiger partial charge in [-0.1, -0.05) is 60.7 Å². The Morgan fingerprint density at radius 1 is 0.828 bits per heavy atom. The number of rotatable bonds is 4. The number of aromatic amines is 1. The normalized spacial score (nSPS) is 10.5. The van der Waals surface area contributed by atoms with Gasteiger partial charge in [0.2, 0.25) is 0 Å². The van der Waals surface area contributed by atoms with Gasteiger partial charge in [-0.05, 0) is 52.4 Å². The zero-order valence-corrected chi connectivity index (χ0v) is 17.4. The fourth-order valence-corrected chi connectivity index (χ4v) is 3.44. The molecule has 0 aliphatic rings. The first kappa shape index (κ1) is 19.1. The Bertz CT molecular complexity index is 1200. The molecule has 3 aromatic carbocycles. The van der Waals surface area contributed by atoms with Crippen LogP contribution < -0.4 is 10.9 Å². The summed E-state index contributed by atoms with van der Waals surface area (Å²) in [6.45, 7) is 0. The molecule has 6 heteroatoms. The van der Waals surface area contributed by atoms with Crippen molar-refractivity contribution in [2.75, 3.05) is 5.32 Å². The number of hydrogen-bond donors (Lipinski definition) is 2. The molecule has 142 valence electrons. The van der Waals surface area contributed by atoms with Gasteiger partial charge in [-0.25, -0.2) is 5.10 Å². The van der Waals surface area contributed by atoms with E-state index in [1.807, 2.05) is 72.8 Å². The van der Waals surface area contributed by atoms with Crippen molar-refractivity contribution in [3.63, 3.8) is 0 Å². The molecule has 5 nitrogen and oxygen atoms in total. The number of hydrogen-bond acceptors (Lipinski definition) is 3. The minimum Gasteiger partial charge on any atom is -0.322 e. The van der Waals surface area contributed by atoms with Crippen LogP contribution in [0, 0.1) is 3.57 Å². The zero-order valence-electron chi connectivity index (χ0n) is 15.2. The lowest BCUT2D eigenvalue weighted by molar-refractivity contribution is 0.102. The lowest BCUT2D eigenvalue weighted by Gasteiger charge is -2.14. The van der Waals surface area contributed by atoms with Gasteiger partial charge < -0.3 is 5.32 Å². The third-order valence-electron chi connectivity index (χ3n) is 4.42. The number of carbonyl (C=O) groups is 1. The average Bonchev–Trinajstić information content (AvgIpc) is 2.76. The second kappa shape index (κ2) is 8.40. The molecule has 29 heavy (non-hydrogen) atoms. The highest BCUT2D eigenvalue weighted by atomic mass is 127. The monoisotopic (exact) mass is 493 g/mol. The van der Waals surface area contributed by atoms with Gasteiger partial charge in [0.25, 0.3) is 11.5 Å². The smallest absolute Gasteiger partial charge is 0.277 e. The van der Waals surface area contributed by atoms with E-state index in [4.69, 9.17) is 0 Å². The Hall–Kier alpha value is -3.26. The summed E-state index contributed by atoms with van der Waals surface area (Å²) in [5.41, 5.74) is 2.72. The molecule has 0 bridgehead atoms. The van der Waals surface area contributed by atoms with Gasteiger partial charge in [-0.3, -0.25) is 9.59 Å². The van der Waals surface area contributed by atoms with Crippen LogP contribution in [0.4, 0.5) is 5.69 Å². The molecular formula is C23H16IN3O2. The van der Waals surface area contributed by atoms with E-state index in [0.29, 0.717) is 16.9 Å². The third kappa shape index (κ3) is 4.12. The highest BCUT2D eigenvalue weighted by molar-refractivity contribution is 14.1. The molecule has 1 amide bonds. The molecular weight excluding hydrogens is 477 g/mol. The summed E-state index contributed by atoms with van der Waals surface area (Å²) >= 11 is 2.19. The van der Waals surface area contributed by atoms with Crippen LogP contribution in [0.25, 0.3) is 22.4 Å². The van der Waals surface area contributed by atoms with Crippen molar-refractivity contribution in [3.8, 4) is 22.4 Å². The van der Waals surface area contributed by atoms with Crippen molar-refractivity contribution in [1.82, 2.24) is 10.2 Å². The van der Waals surface area contributed by atoms with E-state index in [1.54, 1.807) is 12.1 Å². The predicted molar refractivity (Wildman–Crippen MR) is 123 cm³/mol. The number of amides is 1. The molecule has 0 fully saturated rings. The van der Waals surface area contributed by atoms with Gasteiger partial charge in [0, 0.05) is 20.4 Å². The number of nitrogens with one attached hydrogen (secondary N) is 2. The Morgan fingerprint density at radius 2 is 1.41 bits per heavy atom. The number of nitrogens with zero attached hydrogens (tertiary/aromatic N) is 1. The summed E-state index contributed by atoms with van der Waals surface area (Å²) in [4.78, 5) is 25.8. The Morgan fingerprint density at radius 3 is 2.03 bits per heavy atom. The molecule has 0 spiro atoms. The SMILES string of the molecule is O=C(Nc1ccc(I)cc1)c1c(-c2ccccc2)c(-c2ccccc2)n[nH]c1=O. The fourth-order valence-electron chi connectivity index (χ4n) is 3.08. The van der Waals surface area contributed by atoms with Crippen LogP contribution in [-0.2, 0) is 0 Å². The number of anilines is 1. The maximum Gasteiger partial charge on any atom is 0.277 e. The fraction of sp³-hybridized carbons (Fsp3) is 0. The molecule has 4 rings (SSSR count). The summed E-state index contributed by atoms with van der Waals surface area (Å²) in [5, 5.41) is 9.58. The average molecular weight is 493 g/mol. The standard InChI is InChI=1S/C23H16IN3O2/c24-17-11-13-18(14-12-17)25-22(28)20-19(15-7-3-1-4-8-15)21(26-27-23(20)29)16-9-5-2-6-10-16/h1-14H,(H,25,28)(H,27,29). The van der Waals surface area contributed by atoms with E-state index in [-0.39, 0.29) is 5.56 Å². The van der Waals surface area contributed by atoms with E-state index >= 15 is 0 Å². The van der Waals surface area contributed by atoms with E-state index in [1.165, 1.54) is 0 Å². The minimum absolute atomic E-state index is 0.0311. The van der Waals surface area contributed by atoms with Crippen LogP contribution in [-0.4, -0.2) is 16.1 Å². The number of aromatic nitrogens is 2. The second-order valence-corrected chi connectivity index (χ2v) is 7.59. The highest BCUT2D eigenvalue weighted by Gasteiger charge is 2.23. The molecule has 1 aromatic heterocycles. The number of H-pyrrole nitrogens is 1. The molecule has 0 atom stereocenters. The molecule has 0 aliphatic heterocycles. The molecule has 0 unspecified atom stereocenters. The summed E-state index contributed by atoms with van der Waals surface area (Å²) in [7, 11) is 0. The van der Waals surface area contributed by atoms with Crippen molar-refractivity contribution < 1.29 is 4.79 Å². The Balaban J connectivity index is 1.89. The highest BCUT2D eigenvalue weighted by Crippen LogP contribution is 2.31. The van der Waals surface area contributed by atoms with Crippen LogP contribution in [0.5, 0.6) is 0 Å². The van der Waals surface area contributed by atoms with E-state index < -0.39 is 11.5 Å². The molecule has 1 heterocycles. The molecule has 2 N–H and O–H groups in total. The summed E-state index contributed by atoms with van der Waals surface area (Å²) in [5.74, 6) is -0.481. The van der Waals surface area contributed by atoms with E-state index in [2.05, 4.69) is 38.1 Å². The third-order valence-corrected chi connectivity index (χ3v) is 5.14. The first-order chi connectivity index (χ1) is 14.1. The van der Waals surface area contributed by atoms with Crippen LogP contribution >= 0.6 is 22.6 Å². The molecule has 0 radical (unpaired) electrons. The van der Waals surface area contributed by atoms with Crippen molar-refractivity contribution in [3.05, 3.63) is 104 Å². The van der Waals surface area contributed by atoms with Gasteiger partial charge in [0.1, 0.15) is 5.56 Å². The van der Waals surface area contributed by atoms with Gasteiger partial charge in [0.15, 0.2) is 0 Å². The predicted octanol–water partition coefficient (Wildman–Crippen LogP) is 4.96. The largest absolute Gasteiger partial charge is 0.322 e. The Kier molecular flexibility index (Phi) is 5.53. The van der Waals surface area contributed by atoms with Gasteiger partial charge in [0.05, 0.1) is 5.69 Å². The van der Waals surface area contributed by atoms with Crippen LogP contribution in [0.1, 0.15) is 10.4 Å². The van der Waals surface area contributed by atoms with Gasteiger partial charge in [-0.2, -0.15) is 5.10 Å². The van der Waals surface area contributed by atoms with Crippen molar-refractivity contribution in [2.45, 2.75) is 0 Å². The lowest BCUT2D eigenvalue weighted by atomic mass is 9.95. The van der Waals surface area contributed by atoms with Gasteiger partial charge >= 0.3 is 0 Å². The van der Waals surface area contributed by atoms with Gasteiger partial charge in [-0.15, -0.1) is 0 Å². The first-order valence-corrected chi connectivity index (χ1v) is 10.0. The quantitative estimate of drug-likeness (QED) is 0.395. The van der Waals surface area contributed by atoms with Crippen molar-refractivity contribution in [2.24, 2.45) is 0 Å². The van der Waals surface area contributed by atoms with Crippen molar-refractivity contribution in [1.29, 1.82) is 0 Å². The summed E-state index contributed by atoms with van der Waals surface area (Å²) in [6.07, 6.45) is 0. The lowest BCUT2D eigenvalue weighted by Crippen LogP contribution is -2.26. The van der Waals surface area contributed by atoms with E-state index in [0.717, 1.165) is 14.7 Å². The zero-order chi connectivity index (χ0) is 20.2. The molecule has 0 saturated heterocycles.